The molecule has 25 heavy (non-hydrogen) atoms. The SMILES string of the molecule is O=S(=O)(c1ccc(Cl)cc1C(Cl)(Cl)Cl)c1ccc(Cl)cc1C(Cl)(Cl)Cl. The highest BCUT2D eigenvalue weighted by Crippen LogP contribution is 2.47. The lowest BCUT2D eigenvalue weighted by molar-refractivity contribution is 0.594. The van der Waals surface area contributed by atoms with Crippen molar-refractivity contribution in [3.63, 3.8) is 0 Å². The van der Waals surface area contributed by atoms with Crippen molar-refractivity contribution in [2.24, 2.45) is 0 Å². The van der Waals surface area contributed by atoms with Crippen LogP contribution in [0.2, 0.25) is 10.0 Å². The van der Waals surface area contributed by atoms with E-state index < -0.39 is 17.4 Å². The Balaban J connectivity index is 2.83. The molecule has 2 nitrogen and oxygen atoms in total. The van der Waals surface area contributed by atoms with Gasteiger partial charge in [-0.15, -0.1) is 0 Å². The Morgan fingerprint density at radius 2 is 0.960 bits per heavy atom. The number of alkyl halides is 6. The Hall–Kier alpha value is 0.710. The fraction of sp³-hybridized carbons (Fsp3) is 0.143. The summed E-state index contributed by atoms with van der Waals surface area (Å²) >= 11 is 47.1. The van der Waals surface area contributed by atoms with Gasteiger partial charge in [0.05, 0.1) is 9.79 Å². The summed E-state index contributed by atoms with van der Waals surface area (Å²) in [6.07, 6.45) is 0. The summed E-state index contributed by atoms with van der Waals surface area (Å²) in [5.74, 6) is 0. The van der Waals surface area contributed by atoms with E-state index >= 15 is 0 Å². The lowest BCUT2D eigenvalue weighted by Crippen LogP contribution is -2.15. The highest BCUT2D eigenvalue weighted by molar-refractivity contribution is 7.91. The number of halogens is 8. The summed E-state index contributed by atoms with van der Waals surface area (Å²) in [5.41, 5.74) is -0.259. The molecule has 2 aromatic rings. The molecule has 2 aromatic carbocycles. The van der Waals surface area contributed by atoms with Gasteiger partial charge in [-0.3, -0.25) is 0 Å². The van der Waals surface area contributed by atoms with Crippen LogP contribution in [-0.2, 0) is 17.4 Å². The summed E-state index contributed by atoms with van der Waals surface area (Å²) in [4.78, 5) is -0.565. The van der Waals surface area contributed by atoms with E-state index in [4.69, 9.17) is 92.8 Å². The van der Waals surface area contributed by atoms with Crippen LogP contribution in [0.4, 0.5) is 0 Å². The molecule has 0 atom stereocenters. The third-order valence-electron chi connectivity index (χ3n) is 3.07. The average Bonchev–Trinajstić information content (AvgIpc) is 2.44. The standard InChI is InChI=1S/C14H6Cl8O2S/c15-7-1-3-11(9(5-7)13(17,18)19)25(23,24)12-4-2-8(16)6-10(12)14(20,21)22/h1-6H. The first kappa shape index (κ1) is 22.0. The molecule has 0 aliphatic carbocycles. The summed E-state index contributed by atoms with van der Waals surface area (Å²) < 4.78 is 22.2. The first-order valence-electron chi connectivity index (χ1n) is 6.23. The maximum atomic E-state index is 13.2. The third-order valence-corrected chi connectivity index (χ3v) is 6.63. The summed E-state index contributed by atoms with van der Waals surface area (Å²) in [5, 5.41) is 0.385. The molecule has 0 aliphatic heterocycles. The van der Waals surface area contributed by atoms with Crippen molar-refractivity contribution in [2.45, 2.75) is 17.4 Å². The van der Waals surface area contributed by atoms with Crippen molar-refractivity contribution in [1.82, 2.24) is 0 Å². The first-order chi connectivity index (χ1) is 11.2. The van der Waals surface area contributed by atoms with Gasteiger partial charge in [0.25, 0.3) is 0 Å². The van der Waals surface area contributed by atoms with E-state index in [2.05, 4.69) is 0 Å². The highest BCUT2D eigenvalue weighted by Gasteiger charge is 2.37. The zero-order valence-electron chi connectivity index (χ0n) is 11.7. The van der Waals surface area contributed by atoms with Gasteiger partial charge in [0.2, 0.25) is 17.4 Å². The van der Waals surface area contributed by atoms with Crippen molar-refractivity contribution in [1.29, 1.82) is 0 Å². The van der Waals surface area contributed by atoms with Crippen molar-refractivity contribution >= 4 is 103 Å². The van der Waals surface area contributed by atoms with E-state index in [0.717, 1.165) is 0 Å². The smallest absolute Gasteiger partial charge is 0.217 e. The normalized spacial score (nSPS) is 13.1. The molecule has 0 saturated carbocycles. The van der Waals surface area contributed by atoms with Crippen LogP contribution in [0.5, 0.6) is 0 Å². The van der Waals surface area contributed by atoms with Crippen molar-refractivity contribution in [2.75, 3.05) is 0 Å². The number of hydrogen-bond donors (Lipinski definition) is 0. The summed E-state index contributed by atoms with van der Waals surface area (Å²) in [6.45, 7) is 0. The molecular formula is C14H6Cl8O2S. The third kappa shape index (κ3) is 4.96. The Kier molecular flexibility index (Phi) is 6.70. The van der Waals surface area contributed by atoms with Crippen molar-refractivity contribution in [3.8, 4) is 0 Å². The molecular weight excluding hydrogens is 516 g/mol. The molecule has 0 heterocycles. The highest BCUT2D eigenvalue weighted by atomic mass is 35.6. The second-order valence-corrected chi connectivity index (χ2v) is 12.1. The molecule has 0 saturated heterocycles. The second kappa shape index (κ2) is 7.62. The van der Waals surface area contributed by atoms with E-state index in [1.54, 1.807) is 0 Å². The maximum Gasteiger partial charge on any atom is 0.217 e. The molecule has 0 aromatic heterocycles. The lowest BCUT2D eigenvalue weighted by Gasteiger charge is -2.20. The zero-order valence-corrected chi connectivity index (χ0v) is 18.6. The van der Waals surface area contributed by atoms with Crippen molar-refractivity contribution in [3.05, 3.63) is 57.6 Å². The Labute approximate surface area is 184 Å². The molecule has 11 heteroatoms. The Bertz CT molecular complexity index is 844. The molecule has 0 bridgehead atoms. The second-order valence-electron chi connectivity index (χ2n) is 4.78. The fourth-order valence-corrected chi connectivity index (χ4v) is 5.39. The van der Waals surface area contributed by atoms with E-state index in [1.807, 2.05) is 0 Å². The molecule has 2 rings (SSSR count). The van der Waals surface area contributed by atoms with Gasteiger partial charge in [-0.2, -0.15) is 0 Å². The minimum Gasteiger partial charge on any atom is -0.218 e. The number of hydrogen-bond acceptors (Lipinski definition) is 2. The molecule has 0 spiro atoms. The predicted octanol–water partition coefficient (Wildman–Crippen LogP) is 7.48. The zero-order chi connectivity index (χ0) is 19.2. The molecule has 0 fully saturated rings. The maximum absolute atomic E-state index is 13.2. The Morgan fingerprint density at radius 3 is 1.24 bits per heavy atom. The van der Waals surface area contributed by atoms with Gasteiger partial charge in [0.1, 0.15) is 0 Å². The van der Waals surface area contributed by atoms with E-state index in [0.29, 0.717) is 0 Å². The van der Waals surface area contributed by atoms with Gasteiger partial charge in [0, 0.05) is 21.2 Å². The van der Waals surface area contributed by atoms with Crippen LogP contribution in [0.3, 0.4) is 0 Å². The molecule has 0 unspecified atom stereocenters. The number of sulfone groups is 1. The van der Waals surface area contributed by atoms with Crippen LogP contribution in [0.15, 0.2) is 46.2 Å². The van der Waals surface area contributed by atoms with Crippen LogP contribution >= 0.6 is 92.8 Å². The van der Waals surface area contributed by atoms with Gasteiger partial charge in [-0.25, -0.2) is 8.42 Å². The van der Waals surface area contributed by atoms with Crippen LogP contribution in [0, 0.1) is 0 Å². The Morgan fingerprint density at radius 1 is 0.640 bits per heavy atom. The minimum absolute atomic E-state index is 0.129. The summed E-state index contributed by atoms with van der Waals surface area (Å²) in [7, 11) is -4.22. The summed E-state index contributed by atoms with van der Waals surface area (Å²) in [6, 6.07) is 7.61. The molecule has 0 N–H and O–H groups in total. The lowest BCUT2D eigenvalue weighted by atomic mass is 10.2. The molecule has 0 amide bonds. The van der Waals surface area contributed by atoms with Crippen LogP contribution in [-0.4, -0.2) is 8.42 Å². The van der Waals surface area contributed by atoms with E-state index in [-0.39, 0.29) is 31.0 Å². The quantitative estimate of drug-likeness (QED) is 0.384. The van der Waals surface area contributed by atoms with Crippen molar-refractivity contribution < 1.29 is 8.42 Å². The molecule has 0 aliphatic rings. The van der Waals surface area contributed by atoms with Crippen LogP contribution < -0.4 is 0 Å². The van der Waals surface area contributed by atoms with Gasteiger partial charge >= 0.3 is 0 Å². The average molecular weight is 522 g/mol. The van der Waals surface area contributed by atoms with Crippen LogP contribution in [0.25, 0.3) is 0 Å². The molecule has 136 valence electrons. The number of rotatable bonds is 2. The van der Waals surface area contributed by atoms with Gasteiger partial charge in [-0.05, 0) is 36.4 Å². The largest absolute Gasteiger partial charge is 0.218 e. The van der Waals surface area contributed by atoms with Gasteiger partial charge < -0.3 is 0 Å². The number of benzene rings is 2. The van der Waals surface area contributed by atoms with Gasteiger partial charge in [-0.1, -0.05) is 92.8 Å². The predicted molar refractivity (Wildman–Crippen MR) is 107 cm³/mol. The van der Waals surface area contributed by atoms with Crippen LogP contribution in [0.1, 0.15) is 11.1 Å². The minimum atomic E-state index is -4.22. The molecule has 0 radical (unpaired) electrons. The fourth-order valence-electron chi connectivity index (χ4n) is 2.03. The first-order valence-corrected chi connectivity index (χ1v) is 10.7. The topological polar surface area (TPSA) is 34.1 Å². The van der Waals surface area contributed by atoms with E-state index in [9.17, 15) is 8.42 Å². The van der Waals surface area contributed by atoms with Gasteiger partial charge in [0.15, 0.2) is 0 Å². The monoisotopic (exact) mass is 518 g/mol. The van der Waals surface area contributed by atoms with E-state index in [1.165, 1.54) is 36.4 Å².